The molecule has 15 heavy (non-hydrogen) atoms. The monoisotopic (exact) mass is 226 g/mol. The molecule has 0 atom stereocenters. The summed E-state index contributed by atoms with van der Waals surface area (Å²) in [6.07, 6.45) is 5.23. The van der Waals surface area contributed by atoms with E-state index in [2.05, 4.69) is 21.8 Å². The third kappa shape index (κ3) is 2.58. The van der Waals surface area contributed by atoms with E-state index in [1.165, 1.54) is 0 Å². The summed E-state index contributed by atoms with van der Waals surface area (Å²) < 4.78 is 0. The van der Waals surface area contributed by atoms with Crippen LogP contribution in [0.25, 0.3) is 0 Å². The van der Waals surface area contributed by atoms with Crippen LogP contribution < -0.4 is 10.6 Å². The van der Waals surface area contributed by atoms with Gasteiger partial charge in [-0.1, -0.05) is 11.6 Å². The van der Waals surface area contributed by atoms with Crippen molar-refractivity contribution < 1.29 is 0 Å². The van der Waals surface area contributed by atoms with Crippen molar-refractivity contribution in [1.29, 1.82) is 0 Å². The molecule has 1 aromatic heterocycles. The van der Waals surface area contributed by atoms with Crippen molar-refractivity contribution in [3.8, 4) is 0 Å². The van der Waals surface area contributed by atoms with E-state index in [-0.39, 0.29) is 5.54 Å². The van der Waals surface area contributed by atoms with E-state index >= 15 is 0 Å². The maximum atomic E-state index is 6.06. The topological polar surface area (TPSA) is 55.0 Å². The number of nitrogens with zero attached hydrogens (tertiary/aromatic N) is 3. The zero-order valence-electron chi connectivity index (χ0n) is 8.78. The Morgan fingerprint density at radius 2 is 2.07 bits per heavy atom. The Labute approximate surface area is 94.5 Å². The molecular weight excluding hydrogens is 212 g/mol. The molecular formula is C10H15ClN4. The van der Waals surface area contributed by atoms with E-state index < -0.39 is 0 Å². The van der Waals surface area contributed by atoms with Gasteiger partial charge in [-0.05, 0) is 19.8 Å². The molecule has 2 rings (SSSR count). The van der Waals surface area contributed by atoms with Crippen molar-refractivity contribution in [3.63, 3.8) is 0 Å². The zero-order chi connectivity index (χ0) is 10.9. The molecule has 5 heteroatoms. The molecule has 2 heterocycles. The van der Waals surface area contributed by atoms with E-state index in [1.54, 1.807) is 12.4 Å². The van der Waals surface area contributed by atoms with Gasteiger partial charge in [-0.15, -0.1) is 0 Å². The molecule has 0 spiro atoms. The molecule has 0 amide bonds. The summed E-state index contributed by atoms with van der Waals surface area (Å²) in [5.41, 5.74) is 6.02. The number of rotatable bonds is 1. The quantitative estimate of drug-likeness (QED) is 0.788. The average Bonchev–Trinajstić information content (AvgIpc) is 2.17. The van der Waals surface area contributed by atoms with Crippen LogP contribution in [0, 0.1) is 0 Å². The van der Waals surface area contributed by atoms with Gasteiger partial charge in [-0.3, -0.25) is 4.98 Å². The third-order valence-electron chi connectivity index (χ3n) is 2.82. The fourth-order valence-electron chi connectivity index (χ4n) is 1.73. The largest absolute Gasteiger partial charge is 0.355 e. The van der Waals surface area contributed by atoms with Crippen LogP contribution in [0.1, 0.15) is 19.8 Å². The van der Waals surface area contributed by atoms with Crippen molar-refractivity contribution in [2.45, 2.75) is 25.3 Å². The number of hydrogen-bond donors (Lipinski definition) is 1. The van der Waals surface area contributed by atoms with E-state index in [1.807, 2.05) is 0 Å². The second-order valence-electron chi connectivity index (χ2n) is 4.34. The van der Waals surface area contributed by atoms with Crippen LogP contribution in [0.15, 0.2) is 12.4 Å². The highest BCUT2D eigenvalue weighted by Crippen LogP contribution is 2.22. The minimum atomic E-state index is -0.0392. The SMILES string of the molecule is CC1(N)CCN(c2cncc(Cl)n2)CC1. The lowest BCUT2D eigenvalue weighted by Gasteiger charge is -2.37. The van der Waals surface area contributed by atoms with Gasteiger partial charge in [0.05, 0.1) is 12.4 Å². The minimum absolute atomic E-state index is 0.0392. The normalized spacial score (nSPS) is 20.3. The molecule has 0 radical (unpaired) electrons. The lowest BCUT2D eigenvalue weighted by atomic mass is 9.91. The Balaban J connectivity index is 2.08. The highest BCUT2D eigenvalue weighted by Gasteiger charge is 2.26. The maximum absolute atomic E-state index is 6.06. The number of aromatic nitrogens is 2. The number of hydrogen-bond acceptors (Lipinski definition) is 4. The van der Waals surface area contributed by atoms with Crippen molar-refractivity contribution in [2.75, 3.05) is 18.0 Å². The molecule has 0 bridgehead atoms. The second kappa shape index (κ2) is 3.94. The Bertz CT molecular complexity index is 343. The Kier molecular flexibility index (Phi) is 2.80. The first kappa shape index (κ1) is 10.6. The third-order valence-corrected chi connectivity index (χ3v) is 3.00. The van der Waals surface area contributed by atoms with Crippen molar-refractivity contribution >= 4 is 17.4 Å². The summed E-state index contributed by atoms with van der Waals surface area (Å²) in [6.45, 7) is 3.93. The van der Waals surface area contributed by atoms with Gasteiger partial charge in [0, 0.05) is 18.6 Å². The van der Waals surface area contributed by atoms with Crippen LogP contribution in [0.5, 0.6) is 0 Å². The van der Waals surface area contributed by atoms with Gasteiger partial charge >= 0.3 is 0 Å². The van der Waals surface area contributed by atoms with Gasteiger partial charge in [0.2, 0.25) is 0 Å². The highest BCUT2D eigenvalue weighted by molar-refractivity contribution is 6.29. The molecule has 0 saturated carbocycles. The lowest BCUT2D eigenvalue weighted by Crippen LogP contribution is -2.48. The minimum Gasteiger partial charge on any atom is -0.355 e. The summed E-state index contributed by atoms with van der Waals surface area (Å²) in [4.78, 5) is 10.4. The summed E-state index contributed by atoms with van der Waals surface area (Å²) >= 11 is 5.80. The van der Waals surface area contributed by atoms with E-state index in [0.29, 0.717) is 5.15 Å². The Morgan fingerprint density at radius 3 is 2.67 bits per heavy atom. The molecule has 1 saturated heterocycles. The fraction of sp³-hybridized carbons (Fsp3) is 0.600. The first-order valence-corrected chi connectivity index (χ1v) is 5.46. The zero-order valence-corrected chi connectivity index (χ0v) is 9.54. The van der Waals surface area contributed by atoms with Gasteiger partial charge in [0.15, 0.2) is 0 Å². The molecule has 2 N–H and O–H groups in total. The maximum Gasteiger partial charge on any atom is 0.149 e. The van der Waals surface area contributed by atoms with Crippen LogP contribution in [-0.2, 0) is 0 Å². The van der Waals surface area contributed by atoms with Gasteiger partial charge in [0.1, 0.15) is 11.0 Å². The van der Waals surface area contributed by atoms with Gasteiger partial charge in [-0.25, -0.2) is 4.98 Å². The van der Waals surface area contributed by atoms with Crippen molar-refractivity contribution in [1.82, 2.24) is 9.97 Å². The van der Waals surface area contributed by atoms with E-state index in [0.717, 1.165) is 31.7 Å². The number of nitrogens with two attached hydrogens (primary N) is 1. The molecule has 0 aliphatic carbocycles. The van der Waals surface area contributed by atoms with Gasteiger partial charge in [0.25, 0.3) is 0 Å². The Hall–Kier alpha value is -0.870. The van der Waals surface area contributed by atoms with E-state index in [4.69, 9.17) is 17.3 Å². The van der Waals surface area contributed by atoms with Gasteiger partial charge in [-0.2, -0.15) is 0 Å². The number of halogens is 1. The van der Waals surface area contributed by atoms with Crippen LogP contribution in [0.2, 0.25) is 5.15 Å². The molecule has 82 valence electrons. The number of anilines is 1. The smallest absolute Gasteiger partial charge is 0.149 e. The van der Waals surface area contributed by atoms with Crippen LogP contribution in [0.4, 0.5) is 5.82 Å². The second-order valence-corrected chi connectivity index (χ2v) is 4.73. The first-order valence-electron chi connectivity index (χ1n) is 5.08. The molecule has 0 unspecified atom stereocenters. The number of piperidine rings is 1. The summed E-state index contributed by atoms with van der Waals surface area (Å²) in [5.74, 6) is 0.845. The fourth-order valence-corrected chi connectivity index (χ4v) is 1.87. The molecule has 1 aliphatic heterocycles. The summed E-state index contributed by atoms with van der Waals surface area (Å²) in [6, 6.07) is 0. The van der Waals surface area contributed by atoms with Crippen molar-refractivity contribution in [3.05, 3.63) is 17.5 Å². The molecule has 4 nitrogen and oxygen atoms in total. The standard InChI is InChI=1S/C10H15ClN4/c1-10(12)2-4-15(5-3-10)9-7-13-6-8(11)14-9/h6-7H,2-5,12H2,1H3. The first-order chi connectivity index (χ1) is 7.07. The molecule has 1 aliphatic rings. The average molecular weight is 227 g/mol. The lowest BCUT2D eigenvalue weighted by molar-refractivity contribution is 0.363. The molecule has 0 aromatic carbocycles. The molecule has 1 fully saturated rings. The summed E-state index contributed by atoms with van der Waals surface area (Å²) in [7, 11) is 0. The van der Waals surface area contributed by atoms with E-state index in [9.17, 15) is 0 Å². The predicted molar refractivity (Wildman–Crippen MR) is 61.1 cm³/mol. The highest BCUT2D eigenvalue weighted by atomic mass is 35.5. The van der Waals surface area contributed by atoms with Crippen LogP contribution >= 0.6 is 11.6 Å². The van der Waals surface area contributed by atoms with Gasteiger partial charge < -0.3 is 10.6 Å². The predicted octanol–water partition coefficient (Wildman–Crippen LogP) is 1.45. The van der Waals surface area contributed by atoms with Crippen LogP contribution in [0.3, 0.4) is 0 Å². The van der Waals surface area contributed by atoms with Crippen LogP contribution in [-0.4, -0.2) is 28.6 Å². The Morgan fingerprint density at radius 1 is 1.40 bits per heavy atom. The summed E-state index contributed by atoms with van der Waals surface area (Å²) in [5, 5.41) is 0.439. The van der Waals surface area contributed by atoms with Crippen molar-refractivity contribution in [2.24, 2.45) is 5.73 Å². The molecule has 1 aromatic rings.